The van der Waals surface area contributed by atoms with Crippen LogP contribution in [0.3, 0.4) is 0 Å². The Morgan fingerprint density at radius 2 is 1.93 bits per heavy atom. The Labute approximate surface area is 187 Å². The van der Waals surface area contributed by atoms with Crippen LogP contribution < -0.4 is 20.1 Å². The van der Waals surface area contributed by atoms with Crippen molar-refractivity contribution in [2.75, 3.05) is 19.9 Å². The van der Waals surface area contributed by atoms with Gasteiger partial charge in [-0.1, -0.05) is 30.3 Å². The number of aromatic nitrogens is 1. The molecule has 1 aliphatic rings. The monoisotopic (exact) mass is 504 g/mol. The molecule has 6 nitrogen and oxygen atoms in total. The van der Waals surface area contributed by atoms with Gasteiger partial charge >= 0.3 is 0 Å². The van der Waals surface area contributed by atoms with Crippen molar-refractivity contribution >= 4 is 40.7 Å². The standard InChI is InChI=1S/C22H24N4O2.HI/c1-2-23-22(25-11-9-16-7-8-20-21(13-16)28-15-27-20)26-14-19-18-6-4-3-5-17(18)10-12-24-19;/h3-8,10,12-13H,2,9,11,14-15H2,1H3,(H2,23,25,26);1H. The van der Waals surface area contributed by atoms with Crippen LogP contribution in [0.25, 0.3) is 10.8 Å². The largest absolute Gasteiger partial charge is 0.454 e. The molecule has 1 aliphatic heterocycles. The highest BCUT2D eigenvalue weighted by Crippen LogP contribution is 2.32. The van der Waals surface area contributed by atoms with E-state index in [1.807, 2.05) is 36.5 Å². The van der Waals surface area contributed by atoms with Crippen molar-refractivity contribution in [3.05, 3.63) is 66.0 Å². The molecule has 1 aromatic heterocycles. The van der Waals surface area contributed by atoms with E-state index in [9.17, 15) is 0 Å². The molecule has 29 heavy (non-hydrogen) atoms. The van der Waals surface area contributed by atoms with Crippen LogP contribution >= 0.6 is 24.0 Å². The number of rotatable bonds is 6. The molecule has 152 valence electrons. The van der Waals surface area contributed by atoms with Crippen LogP contribution in [-0.2, 0) is 13.0 Å². The number of benzene rings is 2. The number of halogens is 1. The van der Waals surface area contributed by atoms with Crippen molar-refractivity contribution in [2.24, 2.45) is 4.99 Å². The second-order valence-electron chi connectivity index (χ2n) is 6.54. The fourth-order valence-corrected chi connectivity index (χ4v) is 3.23. The van der Waals surface area contributed by atoms with E-state index in [0.717, 1.165) is 48.0 Å². The molecule has 7 heteroatoms. The summed E-state index contributed by atoms with van der Waals surface area (Å²) in [6, 6.07) is 16.4. The minimum atomic E-state index is 0. The molecule has 0 atom stereocenters. The van der Waals surface area contributed by atoms with Gasteiger partial charge in [0.2, 0.25) is 6.79 Å². The molecule has 4 rings (SSSR count). The first-order chi connectivity index (χ1) is 13.8. The first kappa shape index (κ1) is 21.2. The SMILES string of the molecule is CCNC(=NCc1nccc2ccccc12)NCCc1ccc2c(c1)OCO2.I. The number of hydrogen-bond donors (Lipinski definition) is 2. The van der Waals surface area contributed by atoms with Crippen molar-refractivity contribution in [1.82, 2.24) is 15.6 Å². The number of ether oxygens (including phenoxy) is 2. The van der Waals surface area contributed by atoms with Gasteiger partial charge in [0.1, 0.15) is 0 Å². The Morgan fingerprint density at radius 1 is 1.07 bits per heavy atom. The number of pyridine rings is 1. The van der Waals surface area contributed by atoms with Gasteiger partial charge in [-0.05, 0) is 42.5 Å². The summed E-state index contributed by atoms with van der Waals surface area (Å²) >= 11 is 0. The lowest BCUT2D eigenvalue weighted by atomic mass is 10.1. The van der Waals surface area contributed by atoms with Gasteiger partial charge < -0.3 is 20.1 Å². The van der Waals surface area contributed by atoms with Crippen LogP contribution in [0.15, 0.2) is 59.7 Å². The molecular weight excluding hydrogens is 479 g/mol. The summed E-state index contributed by atoms with van der Waals surface area (Å²) < 4.78 is 10.8. The third-order valence-corrected chi connectivity index (χ3v) is 4.63. The Hall–Kier alpha value is -2.55. The van der Waals surface area contributed by atoms with Gasteiger partial charge in [-0.15, -0.1) is 24.0 Å². The molecule has 0 amide bonds. The summed E-state index contributed by atoms with van der Waals surface area (Å²) in [4.78, 5) is 9.22. The summed E-state index contributed by atoms with van der Waals surface area (Å²) in [5, 5.41) is 9.02. The molecule has 0 unspecified atom stereocenters. The Bertz CT molecular complexity index is 988. The van der Waals surface area contributed by atoms with Crippen LogP contribution in [0, 0.1) is 0 Å². The number of nitrogens with one attached hydrogen (secondary N) is 2. The normalized spacial score (nSPS) is 12.5. The highest BCUT2D eigenvalue weighted by Gasteiger charge is 2.13. The number of aliphatic imine (C=N–C) groups is 1. The number of hydrogen-bond acceptors (Lipinski definition) is 4. The van der Waals surface area contributed by atoms with Gasteiger partial charge in [0.05, 0.1) is 12.2 Å². The second kappa shape index (κ2) is 10.3. The number of guanidine groups is 1. The summed E-state index contributed by atoms with van der Waals surface area (Å²) in [6.07, 6.45) is 2.71. The molecule has 0 saturated heterocycles. The van der Waals surface area contributed by atoms with Crippen LogP contribution in [0.4, 0.5) is 0 Å². The molecule has 3 aromatic rings. The minimum absolute atomic E-state index is 0. The van der Waals surface area contributed by atoms with E-state index in [4.69, 9.17) is 14.5 Å². The smallest absolute Gasteiger partial charge is 0.231 e. The Balaban J connectivity index is 0.00000240. The summed E-state index contributed by atoms with van der Waals surface area (Å²) in [5.41, 5.74) is 2.18. The summed E-state index contributed by atoms with van der Waals surface area (Å²) in [6.45, 7) is 4.47. The topological polar surface area (TPSA) is 67.8 Å². The molecule has 0 saturated carbocycles. The van der Waals surface area contributed by atoms with Crippen molar-refractivity contribution in [3.8, 4) is 11.5 Å². The van der Waals surface area contributed by atoms with E-state index >= 15 is 0 Å². The Kier molecular flexibility index (Phi) is 7.51. The predicted molar refractivity (Wildman–Crippen MR) is 126 cm³/mol. The average Bonchev–Trinajstić information content (AvgIpc) is 3.20. The van der Waals surface area contributed by atoms with E-state index in [1.54, 1.807) is 0 Å². The highest BCUT2D eigenvalue weighted by atomic mass is 127. The summed E-state index contributed by atoms with van der Waals surface area (Å²) in [5.74, 6) is 2.42. The van der Waals surface area contributed by atoms with Gasteiger partial charge in [0, 0.05) is 24.7 Å². The zero-order chi connectivity index (χ0) is 19.2. The first-order valence-electron chi connectivity index (χ1n) is 9.57. The van der Waals surface area contributed by atoms with E-state index in [2.05, 4.69) is 40.7 Å². The van der Waals surface area contributed by atoms with Crippen LogP contribution in [0.5, 0.6) is 11.5 Å². The highest BCUT2D eigenvalue weighted by molar-refractivity contribution is 14.0. The molecule has 2 heterocycles. The summed E-state index contributed by atoms with van der Waals surface area (Å²) in [7, 11) is 0. The van der Waals surface area contributed by atoms with Gasteiger partial charge in [0.15, 0.2) is 17.5 Å². The van der Waals surface area contributed by atoms with E-state index in [0.29, 0.717) is 13.3 Å². The maximum absolute atomic E-state index is 5.44. The van der Waals surface area contributed by atoms with E-state index in [1.165, 1.54) is 10.9 Å². The predicted octanol–water partition coefficient (Wildman–Crippen LogP) is 3.88. The molecular formula is C22H25IN4O2. The van der Waals surface area contributed by atoms with Crippen LogP contribution in [-0.4, -0.2) is 30.8 Å². The molecule has 0 spiro atoms. The lowest BCUT2D eigenvalue weighted by molar-refractivity contribution is 0.174. The van der Waals surface area contributed by atoms with E-state index < -0.39 is 0 Å². The number of nitrogens with zero attached hydrogens (tertiary/aromatic N) is 2. The molecule has 0 bridgehead atoms. The van der Waals surface area contributed by atoms with Crippen molar-refractivity contribution in [2.45, 2.75) is 19.9 Å². The first-order valence-corrected chi connectivity index (χ1v) is 9.57. The maximum Gasteiger partial charge on any atom is 0.231 e. The van der Waals surface area contributed by atoms with E-state index in [-0.39, 0.29) is 24.0 Å². The quantitative estimate of drug-likeness (QED) is 0.303. The lowest BCUT2D eigenvalue weighted by Crippen LogP contribution is -2.38. The van der Waals surface area contributed by atoms with Gasteiger partial charge in [-0.3, -0.25) is 4.98 Å². The maximum atomic E-state index is 5.44. The fourth-order valence-electron chi connectivity index (χ4n) is 3.23. The average molecular weight is 504 g/mol. The van der Waals surface area contributed by atoms with Gasteiger partial charge in [-0.25, -0.2) is 4.99 Å². The Morgan fingerprint density at radius 3 is 2.83 bits per heavy atom. The van der Waals surface area contributed by atoms with Crippen LogP contribution in [0.1, 0.15) is 18.2 Å². The van der Waals surface area contributed by atoms with Gasteiger partial charge in [-0.2, -0.15) is 0 Å². The fraction of sp³-hybridized carbons (Fsp3) is 0.273. The minimum Gasteiger partial charge on any atom is -0.454 e. The zero-order valence-corrected chi connectivity index (χ0v) is 18.7. The second-order valence-corrected chi connectivity index (χ2v) is 6.54. The van der Waals surface area contributed by atoms with Crippen molar-refractivity contribution in [3.63, 3.8) is 0 Å². The molecule has 0 fully saturated rings. The zero-order valence-electron chi connectivity index (χ0n) is 16.4. The third-order valence-electron chi connectivity index (χ3n) is 4.63. The van der Waals surface area contributed by atoms with Gasteiger partial charge in [0.25, 0.3) is 0 Å². The molecule has 2 N–H and O–H groups in total. The third kappa shape index (κ3) is 5.29. The molecule has 0 radical (unpaired) electrons. The lowest BCUT2D eigenvalue weighted by Gasteiger charge is -2.12. The van der Waals surface area contributed by atoms with Crippen molar-refractivity contribution in [1.29, 1.82) is 0 Å². The molecule has 2 aromatic carbocycles. The van der Waals surface area contributed by atoms with Crippen LogP contribution in [0.2, 0.25) is 0 Å². The number of fused-ring (bicyclic) bond motifs is 2. The van der Waals surface area contributed by atoms with Crippen molar-refractivity contribution < 1.29 is 9.47 Å². The molecule has 0 aliphatic carbocycles.